The van der Waals surface area contributed by atoms with E-state index in [2.05, 4.69) is 18.2 Å². The second-order valence-electron chi connectivity index (χ2n) is 4.21. The van der Waals surface area contributed by atoms with Gasteiger partial charge in [0.25, 0.3) is 0 Å². The second kappa shape index (κ2) is 7.49. The van der Waals surface area contributed by atoms with Gasteiger partial charge in [-0.25, -0.2) is 0 Å². The number of hydrogen-bond donors (Lipinski definition) is 1. The fourth-order valence-electron chi connectivity index (χ4n) is 2.09. The zero-order valence-electron chi connectivity index (χ0n) is 9.95. The highest BCUT2D eigenvalue weighted by Crippen LogP contribution is 2.16. The van der Waals surface area contributed by atoms with Gasteiger partial charge < -0.3 is 10.5 Å². The summed E-state index contributed by atoms with van der Waals surface area (Å²) in [5, 5.41) is 0. The van der Waals surface area contributed by atoms with Gasteiger partial charge in [-0.2, -0.15) is 11.8 Å². The topological polar surface area (TPSA) is 38.5 Å². The quantitative estimate of drug-likeness (QED) is 0.669. The predicted molar refractivity (Wildman–Crippen MR) is 67.4 cm³/mol. The van der Waals surface area contributed by atoms with Crippen LogP contribution in [0.5, 0.6) is 0 Å². The fourth-order valence-corrected chi connectivity index (χ4v) is 2.55. The van der Waals surface area contributed by atoms with Crippen LogP contribution < -0.4 is 5.73 Å². The summed E-state index contributed by atoms with van der Waals surface area (Å²) in [5.74, 6) is 1.24. The molecule has 2 unspecified atom stereocenters. The zero-order valence-corrected chi connectivity index (χ0v) is 10.8. The molecule has 1 heterocycles. The van der Waals surface area contributed by atoms with E-state index in [1.54, 1.807) is 0 Å². The van der Waals surface area contributed by atoms with Crippen molar-refractivity contribution in [3.8, 4) is 0 Å². The lowest BCUT2D eigenvalue weighted by Crippen LogP contribution is -2.44. The molecule has 4 heteroatoms. The summed E-state index contributed by atoms with van der Waals surface area (Å²) in [6.45, 7) is 2.56. The molecular weight excluding hydrogens is 208 g/mol. The van der Waals surface area contributed by atoms with E-state index < -0.39 is 0 Å². The minimum absolute atomic E-state index is 0.531. The number of hydrogen-bond acceptors (Lipinski definition) is 4. The first-order chi connectivity index (χ1) is 7.29. The van der Waals surface area contributed by atoms with Crippen molar-refractivity contribution in [3.05, 3.63) is 0 Å². The third kappa shape index (κ3) is 4.31. The van der Waals surface area contributed by atoms with Gasteiger partial charge in [-0.15, -0.1) is 0 Å². The van der Waals surface area contributed by atoms with Crippen LogP contribution in [-0.4, -0.2) is 55.8 Å². The van der Waals surface area contributed by atoms with E-state index in [9.17, 15) is 0 Å². The smallest absolute Gasteiger partial charge is 0.0622 e. The van der Waals surface area contributed by atoms with Gasteiger partial charge in [0.15, 0.2) is 0 Å². The van der Waals surface area contributed by atoms with Crippen molar-refractivity contribution in [2.45, 2.75) is 31.3 Å². The first-order valence-corrected chi connectivity index (χ1v) is 7.17. The lowest BCUT2D eigenvalue weighted by atomic mass is 10.1. The Morgan fingerprint density at radius 3 is 2.93 bits per heavy atom. The molecule has 0 spiro atoms. The van der Waals surface area contributed by atoms with Crippen LogP contribution in [0.15, 0.2) is 0 Å². The van der Waals surface area contributed by atoms with Gasteiger partial charge in [0.1, 0.15) is 0 Å². The van der Waals surface area contributed by atoms with E-state index in [1.807, 2.05) is 11.8 Å². The van der Waals surface area contributed by atoms with E-state index in [4.69, 9.17) is 10.5 Å². The molecule has 3 nitrogen and oxygen atoms in total. The molecule has 0 bridgehead atoms. The molecule has 2 N–H and O–H groups in total. The minimum atomic E-state index is 0.531. The first kappa shape index (κ1) is 13.3. The average molecular weight is 232 g/mol. The molecule has 1 aliphatic heterocycles. The summed E-state index contributed by atoms with van der Waals surface area (Å²) in [7, 11) is 2.19. The summed E-state index contributed by atoms with van der Waals surface area (Å²) < 4.78 is 5.41. The van der Waals surface area contributed by atoms with E-state index in [0.29, 0.717) is 12.1 Å². The van der Waals surface area contributed by atoms with Crippen LogP contribution in [0.2, 0.25) is 0 Å². The zero-order chi connectivity index (χ0) is 11.1. The van der Waals surface area contributed by atoms with Crippen LogP contribution in [0.3, 0.4) is 0 Å². The maximum absolute atomic E-state index is 5.83. The molecule has 1 aliphatic rings. The molecule has 0 aliphatic carbocycles. The molecule has 1 saturated heterocycles. The van der Waals surface area contributed by atoms with E-state index in [1.165, 1.54) is 18.6 Å². The molecule has 15 heavy (non-hydrogen) atoms. The number of thioether (sulfide) groups is 1. The SMILES string of the molecule is CSCCCC(CN)N(C)C1CCOC1. The van der Waals surface area contributed by atoms with Gasteiger partial charge >= 0.3 is 0 Å². The van der Waals surface area contributed by atoms with E-state index >= 15 is 0 Å². The number of nitrogens with zero attached hydrogens (tertiary/aromatic N) is 1. The lowest BCUT2D eigenvalue weighted by molar-refractivity contribution is 0.130. The third-order valence-electron chi connectivity index (χ3n) is 3.22. The molecular formula is C11H24N2OS. The first-order valence-electron chi connectivity index (χ1n) is 5.78. The highest BCUT2D eigenvalue weighted by molar-refractivity contribution is 7.98. The minimum Gasteiger partial charge on any atom is -0.380 e. The number of ether oxygens (including phenoxy) is 1. The van der Waals surface area contributed by atoms with Crippen molar-refractivity contribution >= 4 is 11.8 Å². The maximum atomic E-state index is 5.83. The second-order valence-corrected chi connectivity index (χ2v) is 5.19. The summed E-state index contributed by atoms with van der Waals surface area (Å²) in [4.78, 5) is 2.42. The normalized spacial score (nSPS) is 23.6. The van der Waals surface area contributed by atoms with Crippen molar-refractivity contribution < 1.29 is 4.74 Å². The standard InChI is InChI=1S/C11H24N2OS/c1-13(11-5-6-14-9-11)10(8-12)4-3-7-15-2/h10-11H,3-9,12H2,1-2H3. The van der Waals surface area contributed by atoms with Crippen LogP contribution in [-0.2, 0) is 4.74 Å². The third-order valence-corrected chi connectivity index (χ3v) is 3.91. The highest BCUT2D eigenvalue weighted by atomic mass is 32.2. The molecule has 0 aromatic carbocycles. The number of nitrogens with two attached hydrogens (primary N) is 1. The average Bonchev–Trinajstić information content (AvgIpc) is 2.77. The monoisotopic (exact) mass is 232 g/mol. The lowest BCUT2D eigenvalue weighted by Gasteiger charge is -2.31. The molecule has 2 atom stereocenters. The van der Waals surface area contributed by atoms with Crippen LogP contribution in [0.4, 0.5) is 0 Å². The molecule has 1 rings (SSSR count). The van der Waals surface area contributed by atoms with Crippen LogP contribution in [0, 0.1) is 0 Å². The molecule has 0 aromatic heterocycles. The predicted octanol–water partition coefficient (Wildman–Crippen LogP) is 1.18. The summed E-state index contributed by atoms with van der Waals surface area (Å²) in [6.07, 6.45) is 5.80. The van der Waals surface area contributed by atoms with Crippen LogP contribution >= 0.6 is 11.8 Å². The molecule has 90 valence electrons. The molecule has 0 aromatic rings. The van der Waals surface area contributed by atoms with Crippen molar-refractivity contribution in [2.24, 2.45) is 5.73 Å². The molecule has 1 fully saturated rings. The van der Waals surface area contributed by atoms with Crippen molar-refractivity contribution in [1.82, 2.24) is 4.90 Å². The Kier molecular flexibility index (Phi) is 6.64. The van der Waals surface area contributed by atoms with Gasteiger partial charge in [0.05, 0.1) is 6.61 Å². The number of likely N-dealkylation sites (N-methyl/N-ethyl adjacent to an activating group) is 1. The number of rotatable bonds is 7. The van der Waals surface area contributed by atoms with Gasteiger partial charge in [-0.3, -0.25) is 4.90 Å². The van der Waals surface area contributed by atoms with Gasteiger partial charge in [-0.1, -0.05) is 0 Å². The Labute approximate surface area is 97.7 Å². The Balaban J connectivity index is 2.28. The van der Waals surface area contributed by atoms with Crippen molar-refractivity contribution in [2.75, 3.05) is 38.8 Å². The van der Waals surface area contributed by atoms with Crippen LogP contribution in [0.25, 0.3) is 0 Å². The van der Waals surface area contributed by atoms with Crippen molar-refractivity contribution in [1.29, 1.82) is 0 Å². The highest BCUT2D eigenvalue weighted by Gasteiger charge is 2.24. The molecule has 0 saturated carbocycles. The Morgan fingerprint density at radius 2 is 2.40 bits per heavy atom. The fraction of sp³-hybridized carbons (Fsp3) is 1.00. The van der Waals surface area contributed by atoms with Gasteiger partial charge in [0, 0.05) is 25.2 Å². The molecule has 0 amide bonds. The van der Waals surface area contributed by atoms with Crippen molar-refractivity contribution in [3.63, 3.8) is 0 Å². The largest absolute Gasteiger partial charge is 0.380 e. The Hall–Kier alpha value is 0.230. The Bertz CT molecular complexity index is 163. The van der Waals surface area contributed by atoms with E-state index in [0.717, 1.165) is 26.2 Å². The summed E-state index contributed by atoms with van der Waals surface area (Å²) >= 11 is 1.91. The van der Waals surface area contributed by atoms with Gasteiger partial charge in [-0.05, 0) is 38.3 Å². The summed E-state index contributed by atoms with van der Waals surface area (Å²) in [5.41, 5.74) is 5.83. The van der Waals surface area contributed by atoms with E-state index in [-0.39, 0.29) is 0 Å². The molecule has 0 radical (unpaired) electrons. The maximum Gasteiger partial charge on any atom is 0.0622 e. The Morgan fingerprint density at radius 1 is 1.60 bits per heavy atom. The van der Waals surface area contributed by atoms with Crippen LogP contribution in [0.1, 0.15) is 19.3 Å². The summed E-state index contributed by atoms with van der Waals surface area (Å²) in [6, 6.07) is 1.12. The van der Waals surface area contributed by atoms with Gasteiger partial charge in [0.2, 0.25) is 0 Å².